The summed E-state index contributed by atoms with van der Waals surface area (Å²) in [5, 5.41) is 0. The standard InChI is InChI=1S/C9H11BrFN.ClH/c1-5-7(6(2)12)3-4-8(10)9(5)11;/h3-4,6H,12H2,1-2H3;1H. The molecule has 1 nitrogen and oxygen atoms in total. The number of halogens is 3. The third-order valence-corrected chi connectivity index (χ3v) is 2.48. The zero-order valence-corrected chi connectivity index (χ0v) is 9.88. The lowest BCUT2D eigenvalue weighted by Crippen LogP contribution is -2.08. The van der Waals surface area contributed by atoms with Crippen LogP contribution in [0.4, 0.5) is 4.39 Å². The largest absolute Gasteiger partial charge is 0.324 e. The number of hydrogen-bond donors (Lipinski definition) is 1. The molecule has 0 aliphatic carbocycles. The first-order chi connectivity index (χ1) is 5.54. The Labute approximate surface area is 92.1 Å². The zero-order chi connectivity index (χ0) is 9.30. The van der Waals surface area contributed by atoms with Crippen LogP contribution in [0.25, 0.3) is 0 Å². The van der Waals surface area contributed by atoms with Crippen LogP contribution in [-0.4, -0.2) is 0 Å². The zero-order valence-electron chi connectivity index (χ0n) is 7.47. The Kier molecular flexibility index (Phi) is 4.89. The Bertz CT molecular complexity index is 302. The van der Waals surface area contributed by atoms with Crippen LogP contribution in [-0.2, 0) is 0 Å². The molecule has 0 bridgehead atoms. The molecular weight excluding hydrogens is 256 g/mol. The lowest BCUT2D eigenvalue weighted by Gasteiger charge is -2.10. The maximum Gasteiger partial charge on any atom is 0.140 e. The Morgan fingerprint density at radius 2 is 2.00 bits per heavy atom. The van der Waals surface area contributed by atoms with Crippen LogP contribution in [0.2, 0.25) is 0 Å². The van der Waals surface area contributed by atoms with Gasteiger partial charge in [-0.15, -0.1) is 12.4 Å². The second-order valence-corrected chi connectivity index (χ2v) is 3.72. The van der Waals surface area contributed by atoms with E-state index < -0.39 is 0 Å². The SMILES string of the molecule is Cc1c(C(C)N)ccc(Br)c1F.Cl. The van der Waals surface area contributed by atoms with Gasteiger partial charge < -0.3 is 5.73 Å². The predicted octanol–water partition coefficient (Wildman–Crippen LogP) is 3.34. The number of nitrogens with two attached hydrogens (primary N) is 1. The van der Waals surface area contributed by atoms with Crippen molar-refractivity contribution in [3.05, 3.63) is 33.5 Å². The van der Waals surface area contributed by atoms with E-state index in [1.807, 2.05) is 13.0 Å². The Balaban J connectivity index is 0.00000144. The van der Waals surface area contributed by atoms with Gasteiger partial charge in [-0.25, -0.2) is 4.39 Å². The van der Waals surface area contributed by atoms with Crippen LogP contribution in [0.15, 0.2) is 16.6 Å². The first-order valence-corrected chi connectivity index (χ1v) is 4.53. The number of benzene rings is 1. The van der Waals surface area contributed by atoms with Gasteiger partial charge in [0.25, 0.3) is 0 Å². The third kappa shape index (κ3) is 2.66. The average Bonchev–Trinajstić information content (AvgIpc) is 2.00. The van der Waals surface area contributed by atoms with E-state index in [2.05, 4.69) is 15.9 Å². The van der Waals surface area contributed by atoms with Crippen molar-refractivity contribution in [2.24, 2.45) is 5.73 Å². The van der Waals surface area contributed by atoms with Gasteiger partial charge in [-0.05, 0) is 47.0 Å². The summed E-state index contributed by atoms with van der Waals surface area (Å²) in [5.41, 5.74) is 7.13. The maximum atomic E-state index is 13.2. The molecule has 1 atom stereocenters. The minimum absolute atomic E-state index is 0. The molecule has 0 aliphatic rings. The molecule has 2 N–H and O–H groups in total. The summed E-state index contributed by atoms with van der Waals surface area (Å²) in [5.74, 6) is -0.218. The molecule has 1 unspecified atom stereocenters. The molecule has 0 saturated carbocycles. The maximum absolute atomic E-state index is 13.2. The van der Waals surface area contributed by atoms with Crippen molar-refractivity contribution in [1.29, 1.82) is 0 Å². The Hall–Kier alpha value is -0.120. The van der Waals surface area contributed by atoms with Crippen LogP contribution in [0.5, 0.6) is 0 Å². The van der Waals surface area contributed by atoms with E-state index in [4.69, 9.17) is 5.73 Å². The molecular formula is C9H12BrClFN. The molecule has 0 aliphatic heterocycles. The average molecular weight is 269 g/mol. The summed E-state index contributed by atoms with van der Waals surface area (Å²) in [6.45, 7) is 3.58. The Morgan fingerprint density at radius 3 is 2.46 bits per heavy atom. The van der Waals surface area contributed by atoms with Crippen molar-refractivity contribution in [1.82, 2.24) is 0 Å². The molecule has 0 spiro atoms. The number of rotatable bonds is 1. The highest BCUT2D eigenvalue weighted by atomic mass is 79.9. The second-order valence-electron chi connectivity index (χ2n) is 2.86. The van der Waals surface area contributed by atoms with Gasteiger partial charge in [0, 0.05) is 6.04 Å². The summed E-state index contributed by atoms with van der Waals surface area (Å²) < 4.78 is 13.7. The number of hydrogen-bond acceptors (Lipinski definition) is 1. The molecule has 74 valence electrons. The van der Waals surface area contributed by atoms with Gasteiger partial charge in [-0.1, -0.05) is 6.07 Å². The molecule has 0 amide bonds. The van der Waals surface area contributed by atoms with Crippen molar-refractivity contribution >= 4 is 28.3 Å². The van der Waals surface area contributed by atoms with Crippen LogP contribution in [0, 0.1) is 12.7 Å². The third-order valence-electron chi connectivity index (χ3n) is 1.87. The molecule has 1 rings (SSSR count). The van der Waals surface area contributed by atoms with E-state index in [0.717, 1.165) is 5.56 Å². The quantitative estimate of drug-likeness (QED) is 0.830. The highest BCUT2D eigenvalue weighted by Gasteiger charge is 2.09. The molecule has 4 heteroatoms. The normalized spacial score (nSPS) is 12.1. The van der Waals surface area contributed by atoms with Crippen molar-refractivity contribution in [2.45, 2.75) is 19.9 Å². The van der Waals surface area contributed by atoms with Crippen molar-refractivity contribution in [3.63, 3.8) is 0 Å². The molecule has 13 heavy (non-hydrogen) atoms. The summed E-state index contributed by atoms with van der Waals surface area (Å²) in [6.07, 6.45) is 0. The van der Waals surface area contributed by atoms with E-state index in [1.54, 1.807) is 13.0 Å². The molecule has 0 radical (unpaired) electrons. The van der Waals surface area contributed by atoms with Crippen molar-refractivity contribution in [2.75, 3.05) is 0 Å². The highest BCUT2D eigenvalue weighted by Crippen LogP contribution is 2.24. The topological polar surface area (TPSA) is 26.0 Å². The predicted molar refractivity (Wildman–Crippen MR) is 58.7 cm³/mol. The molecule has 0 aromatic heterocycles. The molecule has 0 saturated heterocycles. The first kappa shape index (κ1) is 12.9. The lowest BCUT2D eigenvalue weighted by molar-refractivity contribution is 0.605. The molecule has 0 heterocycles. The fraction of sp³-hybridized carbons (Fsp3) is 0.333. The smallest absolute Gasteiger partial charge is 0.140 e. The van der Waals surface area contributed by atoms with Crippen LogP contribution >= 0.6 is 28.3 Å². The highest BCUT2D eigenvalue weighted by molar-refractivity contribution is 9.10. The molecule has 1 aromatic rings. The van der Waals surface area contributed by atoms with Gasteiger partial charge in [0.15, 0.2) is 0 Å². The van der Waals surface area contributed by atoms with E-state index in [9.17, 15) is 4.39 Å². The monoisotopic (exact) mass is 267 g/mol. The second kappa shape index (κ2) is 4.94. The van der Waals surface area contributed by atoms with E-state index in [1.165, 1.54) is 0 Å². The Morgan fingerprint density at radius 1 is 1.46 bits per heavy atom. The van der Waals surface area contributed by atoms with Gasteiger partial charge in [-0.2, -0.15) is 0 Å². The fourth-order valence-corrected chi connectivity index (χ4v) is 1.59. The lowest BCUT2D eigenvalue weighted by atomic mass is 10.0. The van der Waals surface area contributed by atoms with Crippen LogP contribution in [0.3, 0.4) is 0 Å². The molecule has 0 fully saturated rings. The van der Waals surface area contributed by atoms with Gasteiger partial charge >= 0.3 is 0 Å². The van der Waals surface area contributed by atoms with Crippen LogP contribution < -0.4 is 5.73 Å². The van der Waals surface area contributed by atoms with Gasteiger partial charge in [0.1, 0.15) is 5.82 Å². The van der Waals surface area contributed by atoms with Gasteiger partial charge in [0.2, 0.25) is 0 Å². The summed E-state index contributed by atoms with van der Waals surface area (Å²) in [7, 11) is 0. The summed E-state index contributed by atoms with van der Waals surface area (Å²) in [4.78, 5) is 0. The van der Waals surface area contributed by atoms with Crippen molar-refractivity contribution < 1.29 is 4.39 Å². The summed E-state index contributed by atoms with van der Waals surface area (Å²) >= 11 is 3.11. The van der Waals surface area contributed by atoms with Crippen molar-refractivity contribution in [3.8, 4) is 0 Å². The van der Waals surface area contributed by atoms with E-state index in [-0.39, 0.29) is 24.3 Å². The minimum Gasteiger partial charge on any atom is -0.324 e. The summed E-state index contributed by atoms with van der Waals surface area (Å²) in [6, 6.07) is 3.40. The van der Waals surface area contributed by atoms with Gasteiger partial charge in [0.05, 0.1) is 4.47 Å². The first-order valence-electron chi connectivity index (χ1n) is 3.74. The fourth-order valence-electron chi connectivity index (χ4n) is 1.16. The van der Waals surface area contributed by atoms with Gasteiger partial charge in [-0.3, -0.25) is 0 Å². The molecule has 1 aromatic carbocycles. The minimum atomic E-state index is -0.218. The van der Waals surface area contributed by atoms with E-state index >= 15 is 0 Å². The van der Waals surface area contributed by atoms with Crippen LogP contribution in [0.1, 0.15) is 24.1 Å². The van der Waals surface area contributed by atoms with E-state index in [0.29, 0.717) is 10.0 Å².